The molecule has 20 heavy (non-hydrogen) atoms. The van der Waals surface area contributed by atoms with Crippen molar-refractivity contribution in [3.63, 3.8) is 0 Å². The lowest BCUT2D eigenvalue weighted by Crippen LogP contribution is -2.41. The number of halogens is 1. The van der Waals surface area contributed by atoms with Crippen molar-refractivity contribution >= 4 is 5.97 Å². The topological polar surface area (TPSA) is 40.5 Å². The molecule has 0 amide bonds. The fourth-order valence-corrected chi connectivity index (χ4v) is 3.87. The lowest BCUT2D eigenvalue weighted by molar-refractivity contribution is -0.142. The van der Waals surface area contributed by atoms with E-state index in [4.69, 9.17) is 0 Å². The molecule has 0 spiro atoms. The third-order valence-corrected chi connectivity index (χ3v) is 4.76. The molecule has 3 unspecified atom stereocenters. The number of fused-ring (bicyclic) bond motifs is 1. The fraction of sp³-hybridized carbons (Fsp3) is 0.562. The van der Waals surface area contributed by atoms with Crippen LogP contribution in [0.2, 0.25) is 0 Å². The van der Waals surface area contributed by atoms with Crippen LogP contribution < -0.4 is 0 Å². The second kappa shape index (κ2) is 5.52. The van der Waals surface area contributed by atoms with E-state index in [-0.39, 0.29) is 5.82 Å². The summed E-state index contributed by atoms with van der Waals surface area (Å²) in [4.78, 5) is 13.6. The van der Waals surface area contributed by atoms with E-state index in [1.54, 1.807) is 6.07 Å². The molecule has 1 N–H and O–H groups in total. The van der Waals surface area contributed by atoms with Gasteiger partial charge in [0.25, 0.3) is 0 Å². The first-order chi connectivity index (χ1) is 9.65. The van der Waals surface area contributed by atoms with E-state index >= 15 is 0 Å². The Bertz CT molecular complexity index is 505. The summed E-state index contributed by atoms with van der Waals surface area (Å²) in [5.74, 6) is -0.497. The van der Waals surface area contributed by atoms with Gasteiger partial charge in [0.15, 0.2) is 0 Å². The predicted molar refractivity (Wildman–Crippen MR) is 73.7 cm³/mol. The maximum atomic E-state index is 13.3. The van der Waals surface area contributed by atoms with E-state index < -0.39 is 12.0 Å². The Labute approximate surface area is 118 Å². The summed E-state index contributed by atoms with van der Waals surface area (Å²) < 4.78 is 13.3. The average Bonchev–Trinajstić information content (AvgIpc) is 2.78. The summed E-state index contributed by atoms with van der Waals surface area (Å²) in [7, 11) is 0. The quantitative estimate of drug-likeness (QED) is 0.923. The van der Waals surface area contributed by atoms with Gasteiger partial charge < -0.3 is 5.11 Å². The molecule has 4 heteroatoms. The van der Waals surface area contributed by atoms with Crippen LogP contribution in [0.4, 0.5) is 4.39 Å². The smallest absolute Gasteiger partial charge is 0.320 e. The van der Waals surface area contributed by atoms with E-state index in [0.717, 1.165) is 24.8 Å². The van der Waals surface area contributed by atoms with Crippen LogP contribution in [0.15, 0.2) is 24.3 Å². The molecule has 2 fully saturated rings. The number of hydrogen-bond donors (Lipinski definition) is 1. The van der Waals surface area contributed by atoms with Crippen LogP contribution in [-0.4, -0.2) is 28.1 Å². The zero-order valence-corrected chi connectivity index (χ0v) is 11.5. The average molecular weight is 277 g/mol. The minimum atomic E-state index is -0.740. The van der Waals surface area contributed by atoms with Crippen LogP contribution in [0.3, 0.4) is 0 Å². The van der Waals surface area contributed by atoms with E-state index in [0.29, 0.717) is 18.5 Å². The Hall–Kier alpha value is -1.42. The Morgan fingerprint density at radius 1 is 1.35 bits per heavy atom. The number of aliphatic carboxylic acids is 1. The van der Waals surface area contributed by atoms with Gasteiger partial charge in [-0.2, -0.15) is 0 Å². The predicted octanol–water partition coefficient (Wildman–Crippen LogP) is 3.04. The molecule has 0 radical (unpaired) electrons. The Balaban J connectivity index is 1.82. The highest BCUT2D eigenvalue weighted by Gasteiger charge is 2.44. The second-order valence-corrected chi connectivity index (χ2v) is 6.00. The highest BCUT2D eigenvalue weighted by atomic mass is 19.1. The summed E-state index contributed by atoms with van der Waals surface area (Å²) in [5, 5.41) is 9.45. The number of carbonyl (C=O) groups is 1. The minimum Gasteiger partial charge on any atom is -0.480 e. The molecule has 3 atom stereocenters. The van der Waals surface area contributed by atoms with Crippen molar-refractivity contribution in [2.24, 2.45) is 5.92 Å². The van der Waals surface area contributed by atoms with Gasteiger partial charge in [0.05, 0.1) is 0 Å². The first-order valence-corrected chi connectivity index (χ1v) is 7.38. The Kier molecular flexibility index (Phi) is 3.74. The SMILES string of the molecule is O=C(O)C1CC2CCCCC2N1Cc1cccc(F)c1. The Morgan fingerprint density at radius 3 is 2.90 bits per heavy atom. The molecule has 1 aromatic rings. The standard InChI is InChI=1S/C16H20FNO2/c17-13-6-3-4-11(8-13)10-18-14-7-2-1-5-12(14)9-15(18)16(19)20/h3-4,6,8,12,14-15H,1-2,5,7,9-10H2,(H,19,20). The van der Waals surface area contributed by atoms with Crippen LogP contribution in [-0.2, 0) is 11.3 Å². The molecular weight excluding hydrogens is 257 g/mol. The molecule has 1 aromatic carbocycles. The van der Waals surface area contributed by atoms with Crippen LogP contribution in [0, 0.1) is 11.7 Å². The minimum absolute atomic E-state index is 0.256. The lowest BCUT2D eigenvalue weighted by atomic mass is 9.84. The molecular formula is C16H20FNO2. The van der Waals surface area contributed by atoms with E-state index in [1.807, 2.05) is 6.07 Å². The van der Waals surface area contributed by atoms with Gasteiger partial charge in [-0.25, -0.2) is 4.39 Å². The second-order valence-electron chi connectivity index (χ2n) is 6.00. The molecule has 0 bridgehead atoms. The van der Waals surface area contributed by atoms with Crippen molar-refractivity contribution in [2.45, 2.75) is 50.7 Å². The van der Waals surface area contributed by atoms with Crippen molar-refractivity contribution in [3.05, 3.63) is 35.6 Å². The highest BCUT2D eigenvalue weighted by Crippen LogP contribution is 2.40. The third-order valence-electron chi connectivity index (χ3n) is 4.76. The van der Waals surface area contributed by atoms with Gasteiger partial charge in [-0.05, 0) is 42.9 Å². The van der Waals surface area contributed by atoms with Crippen LogP contribution in [0.1, 0.15) is 37.7 Å². The first-order valence-electron chi connectivity index (χ1n) is 7.38. The fourth-order valence-electron chi connectivity index (χ4n) is 3.87. The summed E-state index contributed by atoms with van der Waals surface area (Å²) in [6, 6.07) is 6.44. The third kappa shape index (κ3) is 2.57. The zero-order chi connectivity index (χ0) is 14.1. The van der Waals surface area contributed by atoms with Gasteiger partial charge in [-0.1, -0.05) is 25.0 Å². The van der Waals surface area contributed by atoms with Crippen molar-refractivity contribution in [1.82, 2.24) is 4.90 Å². The molecule has 1 saturated heterocycles. The van der Waals surface area contributed by atoms with E-state index in [1.165, 1.54) is 25.0 Å². The number of carboxylic acid groups (broad SMARTS) is 1. The maximum absolute atomic E-state index is 13.3. The summed E-state index contributed by atoms with van der Waals surface area (Å²) in [5.41, 5.74) is 0.863. The molecule has 1 aliphatic carbocycles. The van der Waals surface area contributed by atoms with Crippen molar-refractivity contribution in [3.8, 4) is 0 Å². The van der Waals surface area contributed by atoms with Gasteiger partial charge >= 0.3 is 5.97 Å². The molecule has 1 saturated carbocycles. The Morgan fingerprint density at radius 2 is 2.15 bits per heavy atom. The number of rotatable bonds is 3. The largest absolute Gasteiger partial charge is 0.480 e. The van der Waals surface area contributed by atoms with E-state index in [2.05, 4.69) is 4.90 Å². The molecule has 3 rings (SSSR count). The van der Waals surface area contributed by atoms with Crippen LogP contribution >= 0.6 is 0 Å². The van der Waals surface area contributed by atoms with E-state index in [9.17, 15) is 14.3 Å². The summed E-state index contributed by atoms with van der Waals surface area (Å²) in [6.07, 6.45) is 5.33. The number of carboxylic acids is 1. The van der Waals surface area contributed by atoms with Crippen molar-refractivity contribution < 1.29 is 14.3 Å². The highest BCUT2D eigenvalue weighted by molar-refractivity contribution is 5.74. The van der Waals surface area contributed by atoms with Gasteiger partial charge in [0.2, 0.25) is 0 Å². The number of nitrogens with zero attached hydrogens (tertiary/aromatic N) is 1. The summed E-state index contributed by atoms with van der Waals surface area (Å²) in [6.45, 7) is 0.538. The van der Waals surface area contributed by atoms with Crippen molar-refractivity contribution in [2.75, 3.05) is 0 Å². The number of likely N-dealkylation sites (tertiary alicyclic amines) is 1. The van der Waals surface area contributed by atoms with Crippen LogP contribution in [0.5, 0.6) is 0 Å². The number of hydrogen-bond acceptors (Lipinski definition) is 2. The zero-order valence-electron chi connectivity index (χ0n) is 11.5. The maximum Gasteiger partial charge on any atom is 0.320 e. The normalized spacial score (nSPS) is 30.1. The van der Waals surface area contributed by atoms with Gasteiger partial charge in [-0.3, -0.25) is 9.69 Å². The summed E-state index contributed by atoms with van der Waals surface area (Å²) >= 11 is 0. The van der Waals surface area contributed by atoms with Gasteiger partial charge in [0.1, 0.15) is 11.9 Å². The molecule has 2 aliphatic rings. The molecule has 1 heterocycles. The van der Waals surface area contributed by atoms with Crippen LogP contribution in [0.25, 0.3) is 0 Å². The molecule has 1 aliphatic heterocycles. The molecule has 3 nitrogen and oxygen atoms in total. The van der Waals surface area contributed by atoms with Crippen molar-refractivity contribution in [1.29, 1.82) is 0 Å². The first kappa shape index (κ1) is 13.6. The molecule has 0 aromatic heterocycles. The molecule has 108 valence electrons. The van der Waals surface area contributed by atoms with Gasteiger partial charge in [0, 0.05) is 12.6 Å². The lowest BCUT2D eigenvalue weighted by Gasteiger charge is -2.33. The monoisotopic (exact) mass is 277 g/mol. The number of benzene rings is 1. The van der Waals surface area contributed by atoms with Gasteiger partial charge in [-0.15, -0.1) is 0 Å².